The van der Waals surface area contributed by atoms with Crippen LogP contribution in [0.5, 0.6) is 0 Å². The van der Waals surface area contributed by atoms with E-state index in [2.05, 4.69) is 63.1 Å². The second kappa shape index (κ2) is 35.1. The first-order valence-corrected chi connectivity index (χ1v) is 38.7. The number of rotatable bonds is 14. The third-order valence-corrected chi connectivity index (χ3v) is 22.0. The highest BCUT2D eigenvalue weighted by molar-refractivity contribution is 6.31. The lowest BCUT2D eigenvalue weighted by Gasteiger charge is -2.28. The summed E-state index contributed by atoms with van der Waals surface area (Å²) in [7, 11) is 0. The van der Waals surface area contributed by atoms with Gasteiger partial charge in [0, 0.05) is 94.1 Å². The van der Waals surface area contributed by atoms with Crippen LogP contribution in [0.15, 0.2) is 146 Å². The summed E-state index contributed by atoms with van der Waals surface area (Å²) in [5, 5.41) is 25.5. The smallest absolute Gasteiger partial charge is 0.286 e. The molecule has 15 rings (SSSR count). The number of amides is 3. The Balaban J connectivity index is 0.000000138. The van der Waals surface area contributed by atoms with Crippen molar-refractivity contribution in [2.75, 3.05) is 13.1 Å². The molecule has 3 N–H and O–H groups in total. The zero-order valence-corrected chi connectivity index (χ0v) is 61.6. The minimum Gasteiger partial charge on any atom is -0.348 e. The van der Waals surface area contributed by atoms with Crippen molar-refractivity contribution in [2.45, 2.75) is 186 Å². The van der Waals surface area contributed by atoms with Gasteiger partial charge < -0.3 is 10.6 Å². The first-order valence-electron chi connectivity index (χ1n) is 37.5. The topological polar surface area (TPSA) is 183 Å². The van der Waals surface area contributed by atoms with Crippen LogP contribution in [0.25, 0.3) is 52.0 Å². The van der Waals surface area contributed by atoms with Gasteiger partial charge >= 0.3 is 0 Å². The molecule has 0 radical (unpaired) electrons. The Morgan fingerprint density at radius 1 is 0.379 bits per heavy atom. The molecule has 0 spiro atoms. The van der Waals surface area contributed by atoms with E-state index in [1.165, 1.54) is 87.3 Å². The van der Waals surface area contributed by atoms with Crippen molar-refractivity contribution in [1.29, 1.82) is 0 Å². The molecular formula is C84H94Cl3N13O3. The molecule has 6 aromatic heterocycles. The molecule has 0 bridgehead atoms. The van der Waals surface area contributed by atoms with Crippen LogP contribution in [0.3, 0.4) is 0 Å². The van der Waals surface area contributed by atoms with Gasteiger partial charge in [-0.1, -0.05) is 116 Å². The van der Waals surface area contributed by atoms with Crippen molar-refractivity contribution in [3.05, 3.63) is 229 Å². The largest absolute Gasteiger partial charge is 0.348 e. The molecule has 3 amide bonds. The normalized spacial score (nSPS) is 18.4. The van der Waals surface area contributed by atoms with Crippen molar-refractivity contribution in [2.24, 2.45) is 11.8 Å². The average molecular weight is 1440 g/mol. The van der Waals surface area contributed by atoms with Gasteiger partial charge in [0.15, 0.2) is 17.1 Å². The summed E-state index contributed by atoms with van der Waals surface area (Å²) in [5.74, 6) is 0.872. The van der Waals surface area contributed by atoms with Crippen LogP contribution < -0.4 is 16.1 Å². The Labute approximate surface area is 620 Å². The summed E-state index contributed by atoms with van der Waals surface area (Å²) in [6.07, 6.45) is 44.7. The number of carbonyl (C=O) groups excluding carboxylic acids is 3. The van der Waals surface area contributed by atoms with Gasteiger partial charge in [-0.25, -0.2) is 19.1 Å². The predicted octanol–water partition coefficient (Wildman–Crippen LogP) is 19.1. The lowest BCUT2D eigenvalue weighted by molar-refractivity contribution is 0.0742. The van der Waals surface area contributed by atoms with Gasteiger partial charge in [-0.2, -0.15) is 15.3 Å². The number of hydrogen-bond acceptors (Lipinski definition) is 10. The summed E-state index contributed by atoms with van der Waals surface area (Å²) in [4.78, 5) is 53.1. The number of fused-ring (bicyclic) bond motifs is 3. The average Bonchev–Trinajstić information content (AvgIpc) is 1.63. The number of nitrogens with zero attached hydrogens (tertiary/aromatic N) is 10. The lowest BCUT2D eigenvalue weighted by Crippen LogP contribution is -2.45. The van der Waals surface area contributed by atoms with Gasteiger partial charge in [0.25, 0.3) is 17.7 Å². The molecule has 9 aromatic rings. The molecule has 2 saturated carbocycles. The van der Waals surface area contributed by atoms with Crippen LogP contribution in [0.4, 0.5) is 0 Å². The Kier molecular flexibility index (Phi) is 24.7. The standard InChI is InChI=1S/2C29H33ClN4O.C26H28ClN5O/c2*1-20(22-7-3-2-4-8-22)32-29(35)27-26-10-6-5-9-23(19-21-11-13-24(30)14-12-21)28(26)34(33-27)25-15-17-31-18-16-25;27-21-10-8-19(9-11-21)18-20-6-2-3-7-23-24(26(33)30-31-16-4-1-5-17-31)29-32(25(20)23)22-12-14-28-15-13-22/h2*11-20,22H,2-10H2,1H3,(H,32,35);8-15,18H,1-7,16-17H2,(H,30,33)/b2*23-19+;20-18+/t2*20-;/m10./s1. The van der Waals surface area contributed by atoms with E-state index in [4.69, 9.17) is 50.1 Å². The number of benzene rings is 3. The Morgan fingerprint density at radius 2 is 0.670 bits per heavy atom. The van der Waals surface area contributed by atoms with Crippen molar-refractivity contribution in [1.82, 2.24) is 65.4 Å². The third kappa shape index (κ3) is 18.2. The molecule has 6 aliphatic rings. The van der Waals surface area contributed by atoms with E-state index in [1.807, 2.05) is 128 Å². The van der Waals surface area contributed by atoms with Crippen molar-refractivity contribution >= 4 is 87.5 Å². The zero-order chi connectivity index (χ0) is 71.0. The maximum Gasteiger partial charge on any atom is 0.286 e. The second-order valence-electron chi connectivity index (χ2n) is 28.5. The van der Waals surface area contributed by atoms with Gasteiger partial charge in [0.2, 0.25) is 0 Å². The summed E-state index contributed by atoms with van der Waals surface area (Å²) in [5.41, 5.74) is 20.6. The maximum absolute atomic E-state index is 13.6. The van der Waals surface area contributed by atoms with Gasteiger partial charge in [-0.15, -0.1) is 0 Å². The summed E-state index contributed by atoms with van der Waals surface area (Å²) < 4.78 is 5.82. The molecule has 19 heteroatoms. The molecule has 1 saturated heterocycles. The highest BCUT2D eigenvalue weighted by Crippen LogP contribution is 2.40. The van der Waals surface area contributed by atoms with E-state index >= 15 is 0 Å². The highest BCUT2D eigenvalue weighted by Gasteiger charge is 2.34. The highest BCUT2D eigenvalue weighted by atomic mass is 35.5. The zero-order valence-electron chi connectivity index (χ0n) is 59.3. The van der Waals surface area contributed by atoms with Crippen molar-refractivity contribution in [3.63, 3.8) is 0 Å². The number of hydrogen-bond donors (Lipinski definition) is 3. The number of pyridine rings is 3. The minimum absolute atomic E-state index is 0.0557. The van der Waals surface area contributed by atoms with Gasteiger partial charge in [0.05, 0.1) is 34.1 Å². The fourth-order valence-electron chi connectivity index (χ4n) is 15.8. The molecule has 103 heavy (non-hydrogen) atoms. The number of halogens is 3. The fourth-order valence-corrected chi connectivity index (χ4v) is 16.2. The molecule has 7 heterocycles. The number of nitrogens with one attached hydrogen (secondary N) is 3. The molecule has 16 nitrogen and oxygen atoms in total. The van der Waals surface area contributed by atoms with E-state index in [9.17, 15) is 14.4 Å². The number of carbonyl (C=O) groups is 3. The molecule has 1 aliphatic heterocycles. The Bertz CT molecular complexity index is 4240. The number of piperidine rings is 1. The molecule has 534 valence electrons. The van der Waals surface area contributed by atoms with E-state index < -0.39 is 0 Å². The van der Waals surface area contributed by atoms with Crippen LogP contribution in [-0.2, 0) is 19.3 Å². The van der Waals surface area contributed by atoms with Gasteiger partial charge in [-0.05, 0) is 266 Å². The van der Waals surface area contributed by atoms with Gasteiger partial charge in [0.1, 0.15) is 0 Å². The fraction of sp³-hybridized carbons (Fsp3) is 0.393. The van der Waals surface area contributed by atoms with E-state index in [1.54, 1.807) is 37.2 Å². The Morgan fingerprint density at radius 3 is 0.990 bits per heavy atom. The Hall–Kier alpha value is -8.80. The monoisotopic (exact) mass is 1440 g/mol. The summed E-state index contributed by atoms with van der Waals surface area (Å²) in [6.45, 7) is 6.08. The quantitative estimate of drug-likeness (QED) is 0.0886. The number of hydrazine groups is 1. The van der Waals surface area contributed by atoms with Crippen LogP contribution >= 0.6 is 34.8 Å². The summed E-state index contributed by atoms with van der Waals surface area (Å²) >= 11 is 18.3. The lowest BCUT2D eigenvalue weighted by atomic mass is 9.84. The molecule has 5 aliphatic carbocycles. The van der Waals surface area contributed by atoms with Crippen LogP contribution in [0.2, 0.25) is 15.1 Å². The molecule has 2 atom stereocenters. The van der Waals surface area contributed by atoms with Gasteiger partial charge in [-0.3, -0.25) is 34.8 Å². The van der Waals surface area contributed by atoms with Crippen LogP contribution in [0, 0.1) is 11.8 Å². The number of aromatic nitrogens is 9. The molecule has 0 unspecified atom stereocenters. The van der Waals surface area contributed by atoms with Crippen molar-refractivity contribution in [3.8, 4) is 17.1 Å². The van der Waals surface area contributed by atoms with E-state index in [-0.39, 0.29) is 29.8 Å². The first kappa shape index (κ1) is 72.5. The van der Waals surface area contributed by atoms with E-state index in [0.29, 0.717) is 28.9 Å². The molecular weight excluding hydrogens is 1350 g/mol. The second-order valence-corrected chi connectivity index (χ2v) is 29.8. The van der Waals surface area contributed by atoms with E-state index in [0.717, 1.165) is 186 Å². The summed E-state index contributed by atoms with van der Waals surface area (Å²) in [6, 6.07) is 35.6. The first-order chi connectivity index (χ1) is 50.4. The molecule has 3 fully saturated rings. The third-order valence-electron chi connectivity index (χ3n) is 21.3. The SMILES string of the molecule is C[C@@H](NC(=O)c1nn(-c2ccncc2)c2c1CCCC/C2=C\c1ccc(Cl)cc1)C1CCCCC1.C[C@H](NC(=O)c1nn(-c2ccncc2)c2c1CCCC/C2=C\c1ccc(Cl)cc1)C1CCCCC1.O=C(NN1CCCCC1)c1nn(-c2ccncc2)c2c1CCCC/C2=C\c1ccc(Cl)cc1. The van der Waals surface area contributed by atoms with Crippen molar-refractivity contribution < 1.29 is 14.4 Å². The van der Waals surface area contributed by atoms with Crippen LogP contribution in [-0.4, -0.2) is 92.2 Å². The number of allylic oxidation sites excluding steroid dienone is 3. The molecule has 3 aromatic carbocycles. The predicted molar refractivity (Wildman–Crippen MR) is 415 cm³/mol. The maximum atomic E-state index is 13.6. The minimum atomic E-state index is -0.117. The van der Waals surface area contributed by atoms with Crippen LogP contribution in [0.1, 0.15) is 237 Å².